The predicted octanol–water partition coefficient (Wildman–Crippen LogP) is 1.83. The summed E-state index contributed by atoms with van der Waals surface area (Å²) in [5.74, 6) is 0.703. The zero-order valence-corrected chi connectivity index (χ0v) is 15.3. The number of aromatic nitrogens is 4. The first kappa shape index (κ1) is 17.7. The van der Waals surface area contributed by atoms with Crippen LogP contribution in [-0.2, 0) is 13.6 Å². The summed E-state index contributed by atoms with van der Waals surface area (Å²) in [7, 11) is 1.58. The van der Waals surface area contributed by atoms with E-state index in [4.69, 9.17) is 0 Å². The fourth-order valence-corrected chi connectivity index (χ4v) is 2.68. The summed E-state index contributed by atoms with van der Waals surface area (Å²) in [5.41, 5.74) is 4.75. The van der Waals surface area contributed by atoms with Gasteiger partial charge in [0.25, 0.3) is 5.56 Å². The van der Waals surface area contributed by atoms with E-state index < -0.39 is 11.2 Å². The van der Waals surface area contributed by atoms with E-state index in [9.17, 15) is 9.59 Å². The third-order valence-corrected chi connectivity index (χ3v) is 4.01. The Morgan fingerprint density at radius 3 is 2.62 bits per heavy atom. The molecule has 0 atom stereocenters. The molecule has 0 saturated heterocycles. The lowest BCUT2D eigenvalue weighted by Crippen LogP contribution is -2.29. The Kier molecular flexibility index (Phi) is 4.75. The van der Waals surface area contributed by atoms with Gasteiger partial charge in [0, 0.05) is 13.6 Å². The normalized spacial score (nSPS) is 11.7. The van der Waals surface area contributed by atoms with Crippen molar-refractivity contribution in [2.45, 2.75) is 27.3 Å². The van der Waals surface area contributed by atoms with Gasteiger partial charge in [-0.15, -0.1) is 0 Å². The van der Waals surface area contributed by atoms with E-state index in [1.807, 2.05) is 45.0 Å². The predicted molar refractivity (Wildman–Crippen MR) is 103 cm³/mol. The maximum absolute atomic E-state index is 12.3. The van der Waals surface area contributed by atoms with Crippen LogP contribution in [0.25, 0.3) is 11.2 Å². The fraction of sp³-hybridized carbons (Fsp3) is 0.333. The maximum Gasteiger partial charge on any atom is 0.329 e. The van der Waals surface area contributed by atoms with Gasteiger partial charge in [0.1, 0.15) is 0 Å². The molecule has 8 nitrogen and oxygen atoms in total. The highest BCUT2D eigenvalue weighted by Crippen LogP contribution is 2.17. The molecule has 2 heterocycles. The summed E-state index contributed by atoms with van der Waals surface area (Å²) in [6.07, 6.45) is 1.68. The quantitative estimate of drug-likeness (QED) is 0.540. The van der Waals surface area contributed by atoms with E-state index in [0.29, 0.717) is 23.7 Å². The average Bonchev–Trinajstić information content (AvgIpc) is 2.93. The molecule has 0 fully saturated rings. The van der Waals surface area contributed by atoms with Gasteiger partial charge in [-0.1, -0.05) is 43.7 Å². The van der Waals surface area contributed by atoms with Crippen LogP contribution in [0.1, 0.15) is 25.0 Å². The van der Waals surface area contributed by atoms with Crippen molar-refractivity contribution in [3.05, 3.63) is 56.2 Å². The molecule has 0 aliphatic carbocycles. The van der Waals surface area contributed by atoms with Crippen LogP contribution in [0.5, 0.6) is 0 Å². The Bertz CT molecular complexity index is 1070. The average molecular weight is 354 g/mol. The number of fused-ring (bicyclic) bond motifs is 1. The largest absolute Gasteiger partial charge is 0.329 e. The number of hydrazone groups is 1. The van der Waals surface area contributed by atoms with Gasteiger partial charge in [-0.2, -0.15) is 10.1 Å². The Balaban J connectivity index is 2.02. The number of aromatic amines is 1. The summed E-state index contributed by atoms with van der Waals surface area (Å²) in [6.45, 7) is 6.68. The van der Waals surface area contributed by atoms with Gasteiger partial charge in [-0.3, -0.25) is 14.3 Å². The van der Waals surface area contributed by atoms with E-state index in [0.717, 1.165) is 5.56 Å². The molecule has 0 unspecified atom stereocenters. The standard InChI is InChI=1S/C18H22N6O2/c1-11(2)10-24-14-15(23(4)18(26)21-16(14)25)20-17(24)22-19-9-13-7-5-12(3)6-8-13/h5-9,11H,10H2,1-4H3,(H,20,22)(H,21,25,26). The van der Waals surface area contributed by atoms with Crippen LogP contribution in [0, 0.1) is 12.8 Å². The third-order valence-electron chi connectivity index (χ3n) is 4.01. The molecule has 0 amide bonds. The van der Waals surface area contributed by atoms with Crippen molar-refractivity contribution in [1.29, 1.82) is 0 Å². The second kappa shape index (κ2) is 6.99. The topological polar surface area (TPSA) is 97.1 Å². The molecule has 0 spiro atoms. The first-order chi connectivity index (χ1) is 12.4. The Labute approximate surface area is 150 Å². The molecule has 26 heavy (non-hydrogen) atoms. The summed E-state index contributed by atoms with van der Waals surface area (Å²) in [6, 6.07) is 7.94. The Morgan fingerprint density at radius 1 is 1.27 bits per heavy atom. The highest BCUT2D eigenvalue weighted by molar-refractivity contribution is 5.80. The molecule has 0 bridgehead atoms. The monoisotopic (exact) mass is 354 g/mol. The molecular formula is C18H22N6O2. The number of rotatable bonds is 5. The van der Waals surface area contributed by atoms with Gasteiger partial charge >= 0.3 is 5.69 Å². The van der Waals surface area contributed by atoms with Gasteiger partial charge < -0.3 is 4.57 Å². The van der Waals surface area contributed by atoms with E-state index in [1.54, 1.807) is 17.8 Å². The number of hydrogen-bond acceptors (Lipinski definition) is 5. The minimum atomic E-state index is -0.494. The van der Waals surface area contributed by atoms with Crippen molar-refractivity contribution < 1.29 is 0 Å². The lowest BCUT2D eigenvalue weighted by atomic mass is 10.2. The summed E-state index contributed by atoms with van der Waals surface area (Å²) in [5, 5.41) is 4.23. The van der Waals surface area contributed by atoms with Crippen molar-refractivity contribution in [3.8, 4) is 0 Å². The first-order valence-electron chi connectivity index (χ1n) is 8.42. The minimum Gasteiger partial charge on any atom is -0.303 e. The number of anilines is 1. The van der Waals surface area contributed by atoms with E-state index in [1.165, 1.54) is 10.1 Å². The molecule has 1 aromatic carbocycles. The Hall–Kier alpha value is -3.16. The van der Waals surface area contributed by atoms with Crippen molar-refractivity contribution in [2.24, 2.45) is 18.1 Å². The maximum atomic E-state index is 12.3. The third kappa shape index (κ3) is 3.44. The van der Waals surface area contributed by atoms with Crippen LogP contribution in [-0.4, -0.2) is 25.3 Å². The number of H-pyrrole nitrogens is 1. The molecule has 8 heteroatoms. The smallest absolute Gasteiger partial charge is 0.303 e. The summed E-state index contributed by atoms with van der Waals surface area (Å²) >= 11 is 0. The van der Waals surface area contributed by atoms with Crippen LogP contribution in [0.15, 0.2) is 39.0 Å². The molecule has 0 saturated carbocycles. The lowest BCUT2D eigenvalue weighted by molar-refractivity contribution is 0.535. The first-order valence-corrected chi connectivity index (χ1v) is 8.42. The zero-order chi connectivity index (χ0) is 18.8. The number of nitrogens with zero attached hydrogens (tertiary/aromatic N) is 4. The van der Waals surface area contributed by atoms with Gasteiger partial charge in [-0.05, 0) is 18.4 Å². The number of hydrogen-bond donors (Lipinski definition) is 2. The van der Waals surface area contributed by atoms with Gasteiger partial charge in [0.05, 0.1) is 6.21 Å². The lowest BCUT2D eigenvalue weighted by Gasteiger charge is -2.10. The number of aryl methyl sites for hydroxylation is 2. The van der Waals surface area contributed by atoms with Crippen LogP contribution < -0.4 is 16.7 Å². The fourth-order valence-electron chi connectivity index (χ4n) is 2.68. The van der Waals surface area contributed by atoms with Gasteiger partial charge in [-0.25, -0.2) is 10.2 Å². The molecular weight excluding hydrogens is 332 g/mol. The highest BCUT2D eigenvalue weighted by Gasteiger charge is 2.17. The van der Waals surface area contributed by atoms with Crippen molar-refractivity contribution in [1.82, 2.24) is 19.1 Å². The summed E-state index contributed by atoms with van der Waals surface area (Å²) in [4.78, 5) is 30.9. The SMILES string of the molecule is Cc1ccc(C=NNc2nc3c(c(=O)[nH]c(=O)n3C)n2CC(C)C)cc1. The molecule has 136 valence electrons. The van der Waals surface area contributed by atoms with E-state index in [-0.39, 0.29) is 5.92 Å². The number of benzene rings is 1. The molecule has 0 radical (unpaired) electrons. The van der Waals surface area contributed by atoms with Crippen LogP contribution in [0.2, 0.25) is 0 Å². The molecule has 2 N–H and O–H groups in total. The zero-order valence-electron chi connectivity index (χ0n) is 15.3. The molecule has 3 aromatic rings. The summed E-state index contributed by atoms with van der Waals surface area (Å²) < 4.78 is 3.08. The number of imidazole rings is 1. The van der Waals surface area contributed by atoms with Gasteiger partial charge in [0.2, 0.25) is 5.95 Å². The molecule has 2 aromatic heterocycles. The van der Waals surface area contributed by atoms with Gasteiger partial charge in [0.15, 0.2) is 11.2 Å². The van der Waals surface area contributed by atoms with E-state index >= 15 is 0 Å². The molecule has 3 rings (SSSR count). The molecule has 0 aliphatic heterocycles. The Morgan fingerprint density at radius 2 is 1.96 bits per heavy atom. The molecule has 0 aliphatic rings. The van der Waals surface area contributed by atoms with Crippen LogP contribution >= 0.6 is 0 Å². The second-order valence-corrected chi connectivity index (χ2v) is 6.71. The minimum absolute atomic E-state index is 0.283. The van der Waals surface area contributed by atoms with Crippen LogP contribution in [0.4, 0.5) is 5.95 Å². The van der Waals surface area contributed by atoms with E-state index in [2.05, 4.69) is 20.5 Å². The number of nitrogens with one attached hydrogen (secondary N) is 2. The van der Waals surface area contributed by atoms with Crippen molar-refractivity contribution >= 4 is 23.3 Å². The van der Waals surface area contributed by atoms with Crippen molar-refractivity contribution in [2.75, 3.05) is 5.43 Å². The van der Waals surface area contributed by atoms with Crippen molar-refractivity contribution in [3.63, 3.8) is 0 Å². The van der Waals surface area contributed by atoms with Crippen LogP contribution in [0.3, 0.4) is 0 Å². The highest BCUT2D eigenvalue weighted by atomic mass is 16.2. The second-order valence-electron chi connectivity index (χ2n) is 6.71.